The Morgan fingerprint density at radius 1 is 0.588 bits per heavy atom. The van der Waals surface area contributed by atoms with Crippen LogP contribution < -0.4 is 5.32 Å². The smallest absolute Gasteiger partial charge is 0.391 e. The maximum Gasteiger partial charge on any atom is 0.472 e. The van der Waals surface area contributed by atoms with Crippen molar-refractivity contribution in [2.24, 2.45) is 0 Å². The monoisotopic (exact) mass is 754 g/mol. The number of carbonyl (C=O) groups is 1. The largest absolute Gasteiger partial charge is 0.472 e. The second-order valence-corrected chi connectivity index (χ2v) is 16.3. The fourth-order valence-corrected chi connectivity index (χ4v) is 7.70. The molecule has 12 nitrogen and oxygen atoms in total. The van der Waals surface area contributed by atoms with Crippen LogP contribution in [0.25, 0.3) is 0 Å². The third kappa shape index (κ3) is 22.3. The van der Waals surface area contributed by atoms with Gasteiger partial charge in [-0.25, -0.2) is 4.57 Å². The molecule has 8 N–H and O–H groups in total. The second-order valence-electron chi connectivity index (χ2n) is 14.8. The molecule has 0 aromatic rings. The predicted octanol–water partition coefficient (Wildman–Crippen LogP) is 6.33. The van der Waals surface area contributed by atoms with E-state index < -0.39 is 63.2 Å². The van der Waals surface area contributed by atoms with Gasteiger partial charge in [-0.05, 0) is 12.8 Å². The highest BCUT2D eigenvalue weighted by Gasteiger charge is 2.51. The Morgan fingerprint density at radius 2 is 0.941 bits per heavy atom. The zero-order valence-corrected chi connectivity index (χ0v) is 32.8. The molecule has 304 valence electrons. The topological polar surface area (TPSA) is 206 Å². The molecule has 0 spiro atoms. The van der Waals surface area contributed by atoms with Gasteiger partial charge in [0.2, 0.25) is 5.91 Å². The molecule has 13 heteroatoms. The van der Waals surface area contributed by atoms with Gasteiger partial charge >= 0.3 is 7.82 Å². The van der Waals surface area contributed by atoms with Gasteiger partial charge in [0.05, 0.1) is 18.8 Å². The van der Waals surface area contributed by atoms with Gasteiger partial charge in [-0.15, -0.1) is 0 Å². The van der Waals surface area contributed by atoms with Gasteiger partial charge in [-0.3, -0.25) is 13.8 Å². The highest BCUT2D eigenvalue weighted by Crippen LogP contribution is 2.47. The summed E-state index contributed by atoms with van der Waals surface area (Å²) in [7, 11) is -5.04. The van der Waals surface area contributed by atoms with Gasteiger partial charge in [0.15, 0.2) is 0 Å². The molecule has 0 saturated heterocycles. The standard InChI is InChI=1S/C38H76NO11P/c1-3-5-7-9-11-13-15-16-18-20-22-24-26-28-32(41)39-30(31(40)27-25-23-21-19-17-14-12-10-8-6-4-2)29-49-51(47,48)50-38-36(45)34(43)33(42)35(44)37(38)46/h30-31,33-38,40,42-46H,3-29H2,1-2H3,(H,39,41)(H,47,48)/t30-,31+,33?,34+,35?,36?,37?,38?/m0/s1. The molecule has 0 aromatic carbocycles. The second kappa shape index (κ2) is 29.7. The zero-order valence-electron chi connectivity index (χ0n) is 31.9. The minimum atomic E-state index is -5.04. The summed E-state index contributed by atoms with van der Waals surface area (Å²) in [5.74, 6) is -0.309. The quantitative estimate of drug-likeness (QED) is 0.0274. The normalized spacial score (nSPS) is 24.6. The first-order valence-corrected chi connectivity index (χ1v) is 22.0. The van der Waals surface area contributed by atoms with Crippen molar-refractivity contribution in [1.29, 1.82) is 0 Å². The third-order valence-electron chi connectivity index (χ3n) is 10.2. The number of hydrogen-bond acceptors (Lipinski definition) is 10. The summed E-state index contributed by atoms with van der Waals surface area (Å²) in [6, 6.07) is -1.02. The Kier molecular flexibility index (Phi) is 28.1. The molecular weight excluding hydrogens is 677 g/mol. The van der Waals surface area contributed by atoms with Crippen LogP contribution in [0.3, 0.4) is 0 Å². The van der Waals surface area contributed by atoms with Gasteiger partial charge in [-0.1, -0.05) is 162 Å². The average molecular weight is 754 g/mol. The van der Waals surface area contributed by atoms with Gasteiger partial charge in [-0.2, -0.15) is 0 Å². The number of nitrogens with one attached hydrogen (secondary N) is 1. The van der Waals surface area contributed by atoms with Gasteiger partial charge in [0.1, 0.15) is 36.6 Å². The van der Waals surface area contributed by atoms with Crippen LogP contribution in [0.2, 0.25) is 0 Å². The first kappa shape index (κ1) is 48.4. The number of unbranched alkanes of at least 4 members (excludes halogenated alkanes) is 22. The van der Waals surface area contributed by atoms with Crippen molar-refractivity contribution in [3.63, 3.8) is 0 Å². The molecular formula is C38H76NO11P. The van der Waals surface area contributed by atoms with Crippen molar-refractivity contribution in [2.75, 3.05) is 6.61 Å². The lowest BCUT2D eigenvalue weighted by atomic mass is 9.85. The van der Waals surface area contributed by atoms with Crippen LogP contribution >= 0.6 is 7.82 Å². The van der Waals surface area contributed by atoms with E-state index in [1.807, 2.05) is 0 Å². The lowest BCUT2D eigenvalue weighted by Crippen LogP contribution is -2.64. The zero-order chi connectivity index (χ0) is 37.9. The highest BCUT2D eigenvalue weighted by atomic mass is 31.2. The van der Waals surface area contributed by atoms with Gasteiger partial charge < -0.3 is 40.8 Å². The van der Waals surface area contributed by atoms with Crippen molar-refractivity contribution in [2.45, 2.75) is 230 Å². The SMILES string of the molecule is CCCCCCCCCCCCCCCC(=O)N[C@@H](COP(=O)(O)OC1C(O)C(O)C(O)[C@@H](O)C1O)[C@H](O)CCCCCCCCCCCCC. The Labute approximate surface area is 308 Å². The van der Waals surface area contributed by atoms with E-state index in [1.54, 1.807) is 0 Å². The third-order valence-corrected chi connectivity index (χ3v) is 11.2. The lowest BCUT2D eigenvalue weighted by Gasteiger charge is -2.41. The first-order chi connectivity index (χ1) is 24.4. The van der Waals surface area contributed by atoms with Crippen LogP contribution in [-0.4, -0.2) is 96.8 Å². The van der Waals surface area contributed by atoms with E-state index in [9.17, 15) is 44.9 Å². The highest BCUT2D eigenvalue weighted by molar-refractivity contribution is 7.47. The number of rotatable bonds is 33. The van der Waals surface area contributed by atoms with E-state index >= 15 is 0 Å². The number of phosphoric acid groups is 1. The molecule has 0 bridgehead atoms. The number of aliphatic hydroxyl groups excluding tert-OH is 6. The molecule has 1 amide bonds. The predicted molar refractivity (Wildman–Crippen MR) is 200 cm³/mol. The van der Waals surface area contributed by atoms with Crippen LogP contribution in [0, 0.1) is 0 Å². The molecule has 1 saturated carbocycles. The molecule has 1 rings (SSSR count). The van der Waals surface area contributed by atoms with E-state index in [0.29, 0.717) is 19.3 Å². The average Bonchev–Trinajstić information content (AvgIpc) is 3.11. The van der Waals surface area contributed by atoms with Crippen molar-refractivity contribution in [3.05, 3.63) is 0 Å². The van der Waals surface area contributed by atoms with E-state index in [0.717, 1.165) is 38.5 Å². The van der Waals surface area contributed by atoms with Crippen molar-refractivity contribution in [3.8, 4) is 0 Å². The summed E-state index contributed by atoms with van der Waals surface area (Å²) in [4.78, 5) is 23.3. The molecule has 51 heavy (non-hydrogen) atoms. The van der Waals surface area contributed by atoms with Crippen LogP contribution in [0.1, 0.15) is 181 Å². The van der Waals surface area contributed by atoms with E-state index in [2.05, 4.69) is 19.2 Å². The number of amides is 1. The fraction of sp³-hybridized carbons (Fsp3) is 0.974. The Bertz CT molecular complexity index is 884. The maximum absolute atomic E-state index is 12.9. The Hall–Kier alpha value is -0.660. The molecule has 0 radical (unpaired) electrons. The summed E-state index contributed by atoms with van der Waals surface area (Å²) >= 11 is 0. The number of carbonyl (C=O) groups excluding carboxylic acids is 1. The number of aliphatic hydroxyl groups is 6. The summed E-state index contributed by atoms with van der Waals surface area (Å²) < 4.78 is 22.8. The summed E-state index contributed by atoms with van der Waals surface area (Å²) in [5.41, 5.74) is 0. The Balaban J connectivity index is 2.54. The lowest BCUT2D eigenvalue weighted by molar-refractivity contribution is -0.220. The molecule has 1 fully saturated rings. The van der Waals surface area contributed by atoms with Crippen molar-refractivity contribution in [1.82, 2.24) is 5.32 Å². The molecule has 0 aromatic heterocycles. The summed E-state index contributed by atoms with van der Waals surface area (Å²) in [6.07, 6.45) is 15.8. The van der Waals surface area contributed by atoms with Gasteiger partial charge in [0.25, 0.3) is 0 Å². The Morgan fingerprint density at radius 3 is 1.35 bits per heavy atom. The number of phosphoric ester groups is 1. The fourth-order valence-electron chi connectivity index (χ4n) is 6.73. The summed E-state index contributed by atoms with van der Waals surface area (Å²) in [5, 5.41) is 63.8. The van der Waals surface area contributed by atoms with E-state index in [4.69, 9.17) is 9.05 Å². The first-order valence-electron chi connectivity index (χ1n) is 20.5. The van der Waals surface area contributed by atoms with Crippen LogP contribution in [0.4, 0.5) is 0 Å². The minimum Gasteiger partial charge on any atom is -0.391 e. The van der Waals surface area contributed by atoms with E-state index in [-0.39, 0.29) is 12.3 Å². The molecule has 9 atom stereocenters. The molecule has 1 aliphatic carbocycles. The van der Waals surface area contributed by atoms with Crippen molar-refractivity contribution >= 4 is 13.7 Å². The van der Waals surface area contributed by atoms with Crippen LogP contribution in [-0.2, 0) is 18.4 Å². The van der Waals surface area contributed by atoms with Gasteiger partial charge in [0, 0.05) is 6.42 Å². The maximum atomic E-state index is 12.9. The van der Waals surface area contributed by atoms with Crippen LogP contribution in [0.5, 0.6) is 0 Å². The van der Waals surface area contributed by atoms with Crippen LogP contribution in [0.15, 0.2) is 0 Å². The summed E-state index contributed by atoms with van der Waals surface area (Å²) in [6.45, 7) is 3.85. The van der Waals surface area contributed by atoms with Crippen molar-refractivity contribution < 1.29 is 53.9 Å². The molecule has 0 heterocycles. The minimum absolute atomic E-state index is 0.241. The number of hydrogen-bond donors (Lipinski definition) is 8. The molecule has 1 aliphatic rings. The molecule has 6 unspecified atom stereocenters. The molecule has 0 aliphatic heterocycles. The van der Waals surface area contributed by atoms with E-state index in [1.165, 1.54) is 103 Å².